The zero-order valence-electron chi connectivity index (χ0n) is 10.7. The summed E-state index contributed by atoms with van der Waals surface area (Å²) in [6.45, 7) is -0.378. The van der Waals surface area contributed by atoms with E-state index in [1.54, 1.807) is 11.6 Å². The number of fused-ring (bicyclic) bond motifs is 1. The molecule has 3 heterocycles. The molecule has 1 fully saturated rings. The minimum absolute atomic E-state index is 0.378. The summed E-state index contributed by atoms with van der Waals surface area (Å²) < 4.78 is 7.02. The van der Waals surface area contributed by atoms with E-state index in [1.165, 1.54) is 12.7 Å². The number of nitrogens with one attached hydrogen (secondary N) is 1. The Morgan fingerprint density at radius 2 is 2.10 bits per heavy atom. The third kappa shape index (κ3) is 1.83. The maximum Gasteiger partial charge on any atom is 0.183 e. The van der Waals surface area contributed by atoms with Crippen LogP contribution in [-0.2, 0) is 4.74 Å². The topological polar surface area (TPSA) is 126 Å². The van der Waals surface area contributed by atoms with Gasteiger partial charge in [-0.05, 0) is 0 Å². The molecule has 2 aromatic rings. The van der Waals surface area contributed by atoms with Gasteiger partial charge in [-0.1, -0.05) is 0 Å². The highest BCUT2D eigenvalue weighted by molar-refractivity contribution is 5.82. The van der Waals surface area contributed by atoms with Crippen molar-refractivity contribution in [3.63, 3.8) is 0 Å². The van der Waals surface area contributed by atoms with Gasteiger partial charge in [0.25, 0.3) is 0 Å². The largest absolute Gasteiger partial charge is 0.394 e. The van der Waals surface area contributed by atoms with Crippen molar-refractivity contribution in [3.05, 3.63) is 12.7 Å². The molecular weight excluding hydrogens is 266 g/mol. The van der Waals surface area contributed by atoms with Crippen LogP contribution in [0.2, 0.25) is 0 Å². The van der Waals surface area contributed by atoms with E-state index in [2.05, 4.69) is 20.3 Å². The Hall–Kier alpha value is -1.81. The fourth-order valence-electron chi connectivity index (χ4n) is 2.36. The van der Waals surface area contributed by atoms with Crippen molar-refractivity contribution in [2.45, 2.75) is 24.5 Å². The average molecular weight is 281 g/mol. The monoisotopic (exact) mass is 281 g/mol. The van der Waals surface area contributed by atoms with E-state index >= 15 is 0 Å². The van der Waals surface area contributed by atoms with E-state index < -0.39 is 24.5 Å². The molecule has 0 spiro atoms. The zero-order chi connectivity index (χ0) is 14.3. The molecule has 4 unspecified atom stereocenters. The van der Waals surface area contributed by atoms with Crippen LogP contribution in [-0.4, -0.2) is 66.8 Å². The van der Waals surface area contributed by atoms with Crippen molar-refractivity contribution in [1.29, 1.82) is 0 Å². The molecular formula is C11H15N5O4. The lowest BCUT2D eigenvalue weighted by Crippen LogP contribution is -2.33. The van der Waals surface area contributed by atoms with Gasteiger partial charge in [0.15, 0.2) is 17.7 Å². The van der Waals surface area contributed by atoms with E-state index in [0.717, 1.165) is 0 Å². The van der Waals surface area contributed by atoms with Gasteiger partial charge >= 0.3 is 0 Å². The van der Waals surface area contributed by atoms with Gasteiger partial charge in [-0.3, -0.25) is 4.57 Å². The molecule has 0 amide bonds. The molecule has 0 aliphatic carbocycles. The van der Waals surface area contributed by atoms with Crippen molar-refractivity contribution < 1.29 is 20.1 Å². The summed E-state index contributed by atoms with van der Waals surface area (Å²) in [5.74, 6) is 0.533. The maximum atomic E-state index is 10.1. The number of ether oxygens (including phenoxy) is 1. The number of anilines is 1. The standard InChI is InChI=1S/C11H15N5O4/c1-12-9-6-10(14-3-13-9)15-4-16(6)11-8(19)7(18)5(2-17)20-11/h3-5,7-8,11,17-19H,2H2,1H3,(H,12,13,14). The molecule has 9 nitrogen and oxygen atoms in total. The van der Waals surface area contributed by atoms with Crippen LogP contribution in [0.15, 0.2) is 12.7 Å². The number of hydrogen-bond acceptors (Lipinski definition) is 8. The van der Waals surface area contributed by atoms with Crippen LogP contribution < -0.4 is 5.32 Å². The Balaban J connectivity index is 2.07. The van der Waals surface area contributed by atoms with Crippen molar-refractivity contribution in [2.75, 3.05) is 19.0 Å². The first-order chi connectivity index (χ1) is 9.67. The van der Waals surface area contributed by atoms with Crippen LogP contribution in [0.3, 0.4) is 0 Å². The first-order valence-corrected chi connectivity index (χ1v) is 6.15. The molecule has 20 heavy (non-hydrogen) atoms. The molecule has 0 aromatic carbocycles. The Labute approximate surface area is 113 Å². The van der Waals surface area contributed by atoms with Gasteiger partial charge in [0, 0.05) is 7.05 Å². The van der Waals surface area contributed by atoms with E-state index in [4.69, 9.17) is 9.84 Å². The summed E-state index contributed by atoms with van der Waals surface area (Å²) in [6, 6.07) is 0. The summed E-state index contributed by atoms with van der Waals surface area (Å²) in [4.78, 5) is 12.2. The predicted molar refractivity (Wildman–Crippen MR) is 67.9 cm³/mol. The molecule has 0 bridgehead atoms. The van der Waals surface area contributed by atoms with Gasteiger partial charge in [0.1, 0.15) is 36.5 Å². The van der Waals surface area contributed by atoms with Crippen LogP contribution in [0.4, 0.5) is 5.82 Å². The Morgan fingerprint density at radius 1 is 1.30 bits per heavy atom. The van der Waals surface area contributed by atoms with Crippen molar-refractivity contribution in [3.8, 4) is 0 Å². The molecule has 2 aromatic heterocycles. The van der Waals surface area contributed by atoms with E-state index in [0.29, 0.717) is 17.0 Å². The molecule has 1 aliphatic rings. The van der Waals surface area contributed by atoms with Crippen molar-refractivity contribution in [2.24, 2.45) is 0 Å². The Morgan fingerprint density at radius 3 is 2.75 bits per heavy atom. The summed E-state index contributed by atoms with van der Waals surface area (Å²) in [5.41, 5.74) is 1.01. The highest BCUT2D eigenvalue weighted by Gasteiger charge is 2.44. The van der Waals surface area contributed by atoms with Gasteiger partial charge in [0.2, 0.25) is 0 Å². The van der Waals surface area contributed by atoms with Crippen LogP contribution in [0, 0.1) is 0 Å². The third-order valence-corrected chi connectivity index (χ3v) is 3.39. The number of aliphatic hydroxyl groups excluding tert-OH is 3. The minimum Gasteiger partial charge on any atom is -0.394 e. The number of aromatic nitrogens is 4. The molecule has 0 radical (unpaired) electrons. The van der Waals surface area contributed by atoms with Crippen LogP contribution in [0.1, 0.15) is 6.23 Å². The second-order valence-corrected chi connectivity index (χ2v) is 4.53. The molecule has 3 rings (SSSR count). The number of rotatable bonds is 3. The molecule has 1 aliphatic heterocycles. The highest BCUT2D eigenvalue weighted by atomic mass is 16.6. The van der Waals surface area contributed by atoms with Crippen LogP contribution in [0.5, 0.6) is 0 Å². The fourth-order valence-corrected chi connectivity index (χ4v) is 2.36. The molecule has 108 valence electrons. The number of nitrogens with zero attached hydrogens (tertiary/aromatic N) is 4. The van der Waals surface area contributed by atoms with E-state index in [-0.39, 0.29) is 6.61 Å². The zero-order valence-corrected chi connectivity index (χ0v) is 10.7. The Bertz CT molecular complexity index is 618. The molecule has 1 saturated heterocycles. The molecule has 9 heteroatoms. The van der Waals surface area contributed by atoms with Crippen LogP contribution in [0.25, 0.3) is 11.2 Å². The quantitative estimate of drug-likeness (QED) is 0.534. The second-order valence-electron chi connectivity index (χ2n) is 4.53. The number of aliphatic hydroxyl groups is 3. The van der Waals surface area contributed by atoms with E-state index in [1.807, 2.05) is 0 Å². The SMILES string of the molecule is CNc1ncnc2ncn(C3OC(CO)C(O)C3O)c12. The van der Waals surface area contributed by atoms with Gasteiger partial charge in [-0.2, -0.15) is 0 Å². The van der Waals surface area contributed by atoms with Gasteiger partial charge in [-0.25, -0.2) is 15.0 Å². The predicted octanol–water partition coefficient (Wildman–Crippen LogP) is -1.52. The Kier molecular flexibility index (Phi) is 3.26. The lowest BCUT2D eigenvalue weighted by Gasteiger charge is -2.17. The first-order valence-electron chi connectivity index (χ1n) is 6.15. The van der Waals surface area contributed by atoms with Gasteiger partial charge < -0.3 is 25.4 Å². The van der Waals surface area contributed by atoms with Gasteiger partial charge in [0.05, 0.1) is 6.61 Å². The molecule has 4 N–H and O–H groups in total. The number of hydrogen-bond donors (Lipinski definition) is 4. The first kappa shape index (κ1) is 13.2. The molecule has 0 saturated carbocycles. The maximum absolute atomic E-state index is 10.1. The van der Waals surface area contributed by atoms with Crippen molar-refractivity contribution >= 4 is 17.0 Å². The number of imidazole rings is 1. The highest BCUT2D eigenvalue weighted by Crippen LogP contribution is 2.32. The van der Waals surface area contributed by atoms with E-state index in [9.17, 15) is 10.2 Å². The lowest BCUT2D eigenvalue weighted by molar-refractivity contribution is -0.0508. The summed E-state index contributed by atoms with van der Waals surface area (Å²) >= 11 is 0. The summed E-state index contributed by atoms with van der Waals surface area (Å²) in [7, 11) is 1.70. The smallest absolute Gasteiger partial charge is 0.183 e. The van der Waals surface area contributed by atoms with Gasteiger partial charge in [-0.15, -0.1) is 0 Å². The minimum atomic E-state index is -1.17. The fraction of sp³-hybridized carbons (Fsp3) is 0.545. The third-order valence-electron chi connectivity index (χ3n) is 3.39. The lowest BCUT2D eigenvalue weighted by atomic mass is 10.1. The molecule has 4 atom stereocenters. The van der Waals surface area contributed by atoms with Crippen LogP contribution >= 0.6 is 0 Å². The summed E-state index contributed by atoms with van der Waals surface area (Å²) in [5, 5.41) is 31.9. The second kappa shape index (κ2) is 4.94. The normalized spacial score (nSPS) is 30.0. The van der Waals surface area contributed by atoms with Crippen molar-refractivity contribution in [1.82, 2.24) is 19.5 Å². The average Bonchev–Trinajstić information content (AvgIpc) is 3.01. The summed E-state index contributed by atoms with van der Waals surface area (Å²) in [6.07, 6.45) is -1.19.